The average molecular weight is 389 g/mol. The van der Waals surface area contributed by atoms with Crippen LogP contribution in [0.2, 0.25) is 5.02 Å². The van der Waals surface area contributed by atoms with Gasteiger partial charge in [-0.2, -0.15) is 0 Å². The molecule has 0 radical (unpaired) electrons. The van der Waals surface area contributed by atoms with Crippen LogP contribution in [0.5, 0.6) is 0 Å². The average Bonchev–Trinajstić information content (AvgIpc) is 2.91. The molecule has 0 aliphatic heterocycles. The Kier molecular flexibility index (Phi) is 5.19. The fourth-order valence-electron chi connectivity index (χ4n) is 2.90. The highest BCUT2D eigenvalue weighted by molar-refractivity contribution is 6.33. The highest BCUT2D eigenvalue weighted by Gasteiger charge is 2.27. The second kappa shape index (κ2) is 7.40. The maximum atomic E-state index is 13.2. The van der Waals surface area contributed by atoms with Crippen LogP contribution in [-0.4, -0.2) is 16.8 Å². The summed E-state index contributed by atoms with van der Waals surface area (Å²) in [5, 5.41) is 0.386. The molecule has 2 aromatic carbocycles. The molecule has 140 valence electrons. The van der Waals surface area contributed by atoms with Gasteiger partial charge in [-0.1, -0.05) is 34.5 Å². The molecule has 0 unspecified atom stereocenters. The van der Waals surface area contributed by atoms with Gasteiger partial charge in [0.25, 0.3) is 5.56 Å². The summed E-state index contributed by atoms with van der Waals surface area (Å²) in [5.74, 6) is -0.133. The van der Waals surface area contributed by atoms with Crippen molar-refractivity contribution in [2.75, 3.05) is 4.90 Å². The summed E-state index contributed by atoms with van der Waals surface area (Å²) in [6, 6.07) is 11.4. The topological polar surface area (TPSA) is 55.5 Å². The molecule has 3 aromatic rings. The van der Waals surface area contributed by atoms with Gasteiger partial charge < -0.3 is 4.52 Å². The number of carbonyl (C=O) groups excluding carboxylic acids is 1. The smallest absolute Gasteiger partial charge is 0.365 e. The van der Waals surface area contributed by atoms with E-state index < -0.39 is 17.4 Å². The van der Waals surface area contributed by atoms with E-state index in [0.29, 0.717) is 21.0 Å². The number of carbonyl (C=O) groups is 1. The van der Waals surface area contributed by atoms with Crippen molar-refractivity contribution in [2.45, 2.75) is 26.8 Å². The van der Waals surface area contributed by atoms with Gasteiger partial charge in [-0.25, -0.2) is 9.18 Å². The molecule has 27 heavy (non-hydrogen) atoms. The van der Waals surface area contributed by atoms with Gasteiger partial charge in [0, 0.05) is 22.3 Å². The highest BCUT2D eigenvalue weighted by Crippen LogP contribution is 2.28. The number of hydrogen-bond donors (Lipinski definition) is 0. The fraction of sp³-hybridized carbons (Fsp3) is 0.200. The molecule has 5 nitrogen and oxygen atoms in total. The van der Waals surface area contributed by atoms with E-state index in [4.69, 9.17) is 16.1 Å². The molecule has 0 saturated carbocycles. The molecule has 1 aromatic heterocycles. The molecule has 1 heterocycles. The number of amides is 1. The van der Waals surface area contributed by atoms with Crippen molar-refractivity contribution in [3.8, 4) is 11.1 Å². The number of anilines is 1. The second-order valence-corrected chi connectivity index (χ2v) is 6.73. The van der Waals surface area contributed by atoms with Crippen LogP contribution in [0, 0.1) is 12.7 Å². The van der Waals surface area contributed by atoms with Crippen molar-refractivity contribution in [3.05, 3.63) is 75.5 Å². The Balaban J connectivity index is 2.09. The monoisotopic (exact) mass is 388 g/mol. The molecule has 0 bridgehead atoms. The molecule has 0 spiro atoms. The zero-order chi connectivity index (χ0) is 19.7. The number of rotatable bonds is 3. The van der Waals surface area contributed by atoms with Gasteiger partial charge in [-0.05, 0) is 51.1 Å². The summed E-state index contributed by atoms with van der Waals surface area (Å²) < 4.78 is 19.4. The van der Waals surface area contributed by atoms with Crippen molar-refractivity contribution in [3.63, 3.8) is 0 Å². The first-order valence-corrected chi connectivity index (χ1v) is 8.76. The molecule has 0 saturated heterocycles. The summed E-state index contributed by atoms with van der Waals surface area (Å²) in [6.45, 7) is 5.18. The Morgan fingerprint density at radius 1 is 1.15 bits per heavy atom. The van der Waals surface area contributed by atoms with Crippen LogP contribution in [-0.2, 0) is 0 Å². The number of hydrogen-bond acceptors (Lipinski definition) is 3. The Hall–Kier alpha value is -2.86. The van der Waals surface area contributed by atoms with Crippen LogP contribution < -0.4 is 10.5 Å². The van der Waals surface area contributed by atoms with Gasteiger partial charge in [-0.3, -0.25) is 9.69 Å². The largest absolute Gasteiger partial charge is 0.371 e. The minimum Gasteiger partial charge on any atom is -0.371 e. The summed E-state index contributed by atoms with van der Waals surface area (Å²) in [7, 11) is 0. The summed E-state index contributed by atoms with van der Waals surface area (Å²) in [5.41, 5.74) is 0.585. The third kappa shape index (κ3) is 3.53. The molecule has 0 aliphatic rings. The van der Waals surface area contributed by atoms with Crippen LogP contribution >= 0.6 is 11.6 Å². The lowest BCUT2D eigenvalue weighted by Gasteiger charge is -2.25. The molecule has 1 amide bonds. The van der Waals surface area contributed by atoms with Crippen LogP contribution in [0.15, 0.2) is 57.8 Å². The van der Waals surface area contributed by atoms with Crippen molar-refractivity contribution in [1.82, 2.24) is 4.74 Å². The maximum absolute atomic E-state index is 13.2. The van der Waals surface area contributed by atoms with E-state index in [1.165, 1.54) is 29.2 Å². The van der Waals surface area contributed by atoms with Crippen LogP contribution in [0.25, 0.3) is 11.1 Å². The third-order valence-electron chi connectivity index (χ3n) is 4.12. The number of aromatic nitrogens is 1. The zero-order valence-corrected chi connectivity index (χ0v) is 15.8. The summed E-state index contributed by atoms with van der Waals surface area (Å²) in [6.07, 6.45) is 0. The van der Waals surface area contributed by atoms with E-state index in [1.807, 2.05) is 0 Å². The van der Waals surface area contributed by atoms with Crippen LogP contribution in [0.1, 0.15) is 19.6 Å². The first-order valence-electron chi connectivity index (χ1n) is 8.38. The summed E-state index contributed by atoms with van der Waals surface area (Å²) >= 11 is 6.19. The van der Waals surface area contributed by atoms with E-state index in [2.05, 4.69) is 0 Å². The Bertz CT molecular complexity index is 1040. The Morgan fingerprint density at radius 2 is 1.78 bits per heavy atom. The molecule has 0 aliphatic carbocycles. The lowest BCUT2D eigenvalue weighted by Crippen LogP contribution is -2.43. The van der Waals surface area contributed by atoms with Gasteiger partial charge in [0.15, 0.2) is 0 Å². The third-order valence-corrected chi connectivity index (χ3v) is 4.45. The van der Waals surface area contributed by atoms with Crippen LogP contribution in [0.4, 0.5) is 14.9 Å². The van der Waals surface area contributed by atoms with Gasteiger partial charge >= 0.3 is 6.03 Å². The minimum absolute atomic E-state index is 0.233. The lowest BCUT2D eigenvalue weighted by molar-refractivity contribution is 0.210. The first-order chi connectivity index (χ1) is 12.8. The second-order valence-electron chi connectivity index (χ2n) is 6.32. The zero-order valence-electron chi connectivity index (χ0n) is 15.1. The van der Waals surface area contributed by atoms with E-state index in [1.54, 1.807) is 45.0 Å². The van der Waals surface area contributed by atoms with Crippen LogP contribution in [0.3, 0.4) is 0 Å². The molecule has 7 heteroatoms. The van der Waals surface area contributed by atoms with E-state index in [0.717, 1.165) is 0 Å². The Labute approximate surface area is 160 Å². The van der Waals surface area contributed by atoms with Crippen molar-refractivity contribution in [1.29, 1.82) is 0 Å². The van der Waals surface area contributed by atoms with Crippen molar-refractivity contribution >= 4 is 23.3 Å². The molecule has 0 atom stereocenters. The van der Waals surface area contributed by atoms with Gasteiger partial charge in [0.05, 0.1) is 5.56 Å². The maximum Gasteiger partial charge on any atom is 0.365 e. The normalized spacial score (nSPS) is 11.0. The lowest BCUT2D eigenvalue weighted by atomic mass is 10.1. The fourth-order valence-corrected chi connectivity index (χ4v) is 3.13. The quantitative estimate of drug-likeness (QED) is 0.627. The number of aryl methyl sites for hydroxylation is 1. The van der Waals surface area contributed by atoms with Gasteiger partial charge in [0.1, 0.15) is 11.6 Å². The van der Waals surface area contributed by atoms with Gasteiger partial charge in [0.2, 0.25) is 0 Å². The standard InChI is InChI=1S/C20H18ClFN2O3/c1-12(2)23(15-10-8-14(22)9-11-15)20(26)24-19(25)18(13(3)27-24)16-6-4-5-7-17(16)21/h4-12H,1-3H3. The number of halogens is 2. The molecule has 0 N–H and O–H groups in total. The summed E-state index contributed by atoms with van der Waals surface area (Å²) in [4.78, 5) is 27.3. The van der Waals surface area contributed by atoms with E-state index in [-0.39, 0.29) is 17.4 Å². The van der Waals surface area contributed by atoms with Gasteiger partial charge in [-0.15, -0.1) is 0 Å². The molecular formula is C20H18ClFN2O3. The van der Waals surface area contributed by atoms with Crippen molar-refractivity contribution in [2.24, 2.45) is 0 Å². The predicted molar refractivity (Wildman–Crippen MR) is 103 cm³/mol. The highest BCUT2D eigenvalue weighted by atomic mass is 35.5. The van der Waals surface area contributed by atoms with E-state index in [9.17, 15) is 14.0 Å². The van der Waals surface area contributed by atoms with E-state index >= 15 is 0 Å². The minimum atomic E-state index is -0.664. The van der Waals surface area contributed by atoms with Crippen molar-refractivity contribution < 1.29 is 13.7 Å². The number of benzene rings is 2. The first kappa shape index (κ1) is 18.9. The molecule has 0 fully saturated rings. The molecule has 3 rings (SSSR count). The molecular weight excluding hydrogens is 371 g/mol. The number of nitrogens with zero attached hydrogens (tertiary/aromatic N) is 2. The Morgan fingerprint density at radius 3 is 2.37 bits per heavy atom. The predicted octanol–water partition coefficient (Wildman–Crippen LogP) is 5.09. The SMILES string of the molecule is Cc1on(C(=O)N(c2ccc(F)cc2)C(C)C)c(=O)c1-c1ccccc1Cl.